The van der Waals surface area contributed by atoms with Crippen molar-refractivity contribution >= 4 is 16.5 Å². The maximum Gasteiger partial charge on any atom is 0.199 e. The maximum atomic E-state index is 6.44. The van der Waals surface area contributed by atoms with Gasteiger partial charge < -0.3 is 10.5 Å². The van der Waals surface area contributed by atoms with Gasteiger partial charge in [-0.1, -0.05) is 11.3 Å². The predicted molar refractivity (Wildman–Crippen MR) is 72.8 cm³/mol. The molecule has 1 aromatic heterocycles. The first-order valence-electron chi connectivity index (χ1n) is 7.04. The summed E-state index contributed by atoms with van der Waals surface area (Å²) in [6.07, 6.45) is 8.13. The number of aryl methyl sites for hydroxylation is 1. The summed E-state index contributed by atoms with van der Waals surface area (Å²) in [5.41, 5.74) is 6.86. The average Bonchev–Trinajstić information content (AvgIpc) is 2.54. The van der Waals surface area contributed by atoms with Crippen LogP contribution in [0.3, 0.4) is 0 Å². The Morgan fingerprint density at radius 3 is 2.17 bits per heavy atom. The molecule has 1 aromatic rings. The van der Waals surface area contributed by atoms with Gasteiger partial charge >= 0.3 is 0 Å². The molecule has 0 radical (unpaired) electrons. The molecule has 2 N–H and O–H groups in total. The lowest BCUT2D eigenvalue weighted by atomic mass is 9.54. The fraction of sp³-hybridized carbons (Fsp3) is 0.786. The number of ether oxygens (including phenoxy) is 1. The summed E-state index contributed by atoms with van der Waals surface area (Å²) in [6.45, 7) is 2.00. The summed E-state index contributed by atoms with van der Waals surface area (Å²) < 4.78 is 6.44. The summed E-state index contributed by atoms with van der Waals surface area (Å²) in [4.78, 5) is 4.28. The predicted octanol–water partition coefficient (Wildman–Crippen LogP) is 3.38. The third-order valence-electron chi connectivity index (χ3n) is 5.06. The number of thiazole rings is 1. The fourth-order valence-corrected chi connectivity index (χ4v) is 5.63. The van der Waals surface area contributed by atoms with Gasteiger partial charge in [-0.25, -0.2) is 4.98 Å². The van der Waals surface area contributed by atoms with E-state index in [2.05, 4.69) is 4.98 Å². The van der Waals surface area contributed by atoms with Crippen LogP contribution in [0.2, 0.25) is 0 Å². The number of hydrogen-bond donors (Lipinski definition) is 1. The van der Waals surface area contributed by atoms with E-state index in [1.165, 1.54) is 49.9 Å². The quantitative estimate of drug-likeness (QED) is 0.890. The van der Waals surface area contributed by atoms with Crippen molar-refractivity contribution in [1.82, 2.24) is 4.98 Å². The van der Waals surface area contributed by atoms with E-state index in [0.717, 1.165) is 28.5 Å². The van der Waals surface area contributed by atoms with Gasteiger partial charge in [0.15, 0.2) is 10.2 Å². The van der Waals surface area contributed by atoms with Crippen LogP contribution in [0.1, 0.15) is 44.2 Å². The largest absolute Gasteiger partial charge is 0.476 e. The molecular formula is C14H20N2OS. The lowest BCUT2D eigenvalue weighted by Gasteiger charge is -2.55. The molecule has 3 nitrogen and oxygen atoms in total. The number of aromatic nitrogens is 1. The molecule has 4 heteroatoms. The molecule has 5 rings (SSSR count). The Bertz CT molecular complexity index is 447. The zero-order valence-corrected chi connectivity index (χ0v) is 11.6. The molecule has 4 aliphatic carbocycles. The number of nitrogens with two attached hydrogens (primary N) is 1. The standard InChI is InChI=1S/C14H20N2OS/c1-8-12(18-13(15)16-8)17-14-5-9-2-10(6-14)4-11(3-9)7-14/h9-11H,2-7H2,1H3,(H2,15,16). The van der Waals surface area contributed by atoms with E-state index in [4.69, 9.17) is 10.5 Å². The molecular weight excluding hydrogens is 244 g/mol. The summed E-state index contributed by atoms with van der Waals surface area (Å²) >= 11 is 1.51. The molecule has 4 saturated carbocycles. The Balaban J connectivity index is 1.62. The van der Waals surface area contributed by atoms with E-state index in [1.54, 1.807) is 0 Å². The Hall–Kier alpha value is -0.770. The van der Waals surface area contributed by atoms with Gasteiger partial charge in [0.1, 0.15) is 5.60 Å². The van der Waals surface area contributed by atoms with Crippen LogP contribution in [-0.4, -0.2) is 10.6 Å². The third kappa shape index (κ3) is 1.65. The maximum absolute atomic E-state index is 6.44. The molecule has 0 unspecified atom stereocenters. The molecule has 1 heterocycles. The highest BCUT2D eigenvalue weighted by Gasteiger charge is 2.52. The second kappa shape index (κ2) is 3.62. The van der Waals surface area contributed by atoms with Crippen LogP contribution in [0.4, 0.5) is 5.13 Å². The van der Waals surface area contributed by atoms with Gasteiger partial charge in [-0.15, -0.1) is 0 Å². The molecule has 4 aliphatic rings. The van der Waals surface area contributed by atoms with E-state index in [1.807, 2.05) is 6.92 Å². The summed E-state index contributed by atoms with van der Waals surface area (Å²) in [5, 5.41) is 1.60. The van der Waals surface area contributed by atoms with Gasteiger partial charge in [-0.3, -0.25) is 0 Å². The van der Waals surface area contributed by atoms with E-state index < -0.39 is 0 Å². The van der Waals surface area contributed by atoms with E-state index in [0.29, 0.717) is 5.13 Å². The lowest BCUT2D eigenvalue weighted by Crippen LogP contribution is -2.53. The van der Waals surface area contributed by atoms with Gasteiger partial charge in [0, 0.05) is 0 Å². The summed E-state index contributed by atoms with van der Waals surface area (Å²) in [7, 11) is 0. The van der Waals surface area contributed by atoms with Crippen molar-refractivity contribution in [3.05, 3.63) is 5.69 Å². The molecule has 0 spiro atoms. The average molecular weight is 264 g/mol. The van der Waals surface area contributed by atoms with Gasteiger partial charge in [0.25, 0.3) is 0 Å². The molecule has 4 bridgehead atoms. The highest BCUT2D eigenvalue weighted by atomic mass is 32.1. The van der Waals surface area contributed by atoms with E-state index in [-0.39, 0.29) is 5.60 Å². The monoisotopic (exact) mass is 264 g/mol. The normalized spacial score (nSPS) is 41.3. The molecule has 0 aromatic carbocycles. The minimum Gasteiger partial charge on any atom is -0.476 e. The summed E-state index contributed by atoms with van der Waals surface area (Å²) in [5.74, 6) is 2.76. The first kappa shape index (κ1) is 11.1. The molecule has 0 atom stereocenters. The van der Waals surface area contributed by atoms with Gasteiger partial charge in [-0.05, 0) is 63.2 Å². The number of nitrogens with zero attached hydrogens (tertiary/aromatic N) is 1. The van der Waals surface area contributed by atoms with Crippen molar-refractivity contribution in [2.45, 2.75) is 51.0 Å². The highest BCUT2D eigenvalue weighted by Crippen LogP contribution is 2.57. The molecule has 4 fully saturated rings. The molecule has 18 heavy (non-hydrogen) atoms. The van der Waals surface area contributed by atoms with Crippen molar-refractivity contribution in [2.75, 3.05) is 5.73 Å². The second-order valence-electron chi connectivity index (χ2n) is 6.63. The van der Waals surface area contributed by atoms with Crippen molar-refractivity contribution in [1.29, 1.82) is 0 Å². The SMILES string of the molecule is Cc1nc(N)sc1OC12CC3CC(CC(C3)C1)C2. The molecule has 0 saturated heterocycles. The van der Waals surface area contributed by atoms with E-state index in [9.17, 15) is 0 Å². The van der Waals surface area contributed by atoms with Gasteiger partial charge in [0.2, 0.25) is 0 Å². The Morgan fingerprint density at radius 2 is 1.72 bits per heavy atom. The highest BCUT2D eigenvalue weighted by molar-refractivity contribution is 7.17. The van der Waals surface area contributed by atoms with Crippen molar-refractivity contribution in [3.8, 4) is 5.06 Å². The number of hydrogen-bond acceptors (Lipinski definition) is 4. The smallest absolute Gasteiger partial charge is 0.199 e. The van der Waals surface area contributed by atoms with Gasteiger partial charge in [0.05, 0.1) is 5.69 Å². The first-order valence-corrected chi connectivity index (χ1v) is 7.85. The number of rotatable bonds is 2. The Kier molecular flexibility index (Phi) is 2.23. The van der Waals surface area contributed by atoms with E-state index >= 15 is 0 Å². The van der Waals surface area contributed by atoms with Crippen LogP contribution >= 0.6 is 11.3 Å². The van der Waals surface area contributed by atoms with Crippen LogP contribution < -0.4 is 10.5 Å². The van der Waals surface area contributed by atoms with Crippen molar-refractivity contribution < 1.29 is 4.74 Å². The lowest BCUT2D eigenvalue weighted by molar-refractivity contribution is -0.106. The van der Waals surface area contributed by atoms with Crippen molar-refractivity contribution in [3.63, 3.8) is 0 Å². The molecule has 0 aliphatic heterocycles. The minimum absolute atomic E-state index is 0.123. The van der Waals surface area contributed by atoms with Crippen LogP contribution in [0.5, 0.6) is 5.06 Å². The van der Waals surface area contributed by atoms with Gasteiger partial charge in [-0.2, -0.15) is 0 Å². The number of anilines is 1. The topological polar surface area (TPSA) is 48.1 Å². The first-order chi connectivity index (χ1) is 8.62. The Labute approximate surface area is 112 Å². The molecule has 0 amide bonds. The number of nitrogen functional groups attached to an aromatic ring is 1. The third-order valence-corrected chi connectivity index (χ3v) is 5.93. The fourth-order valence-electron chi connectivity index (χ4n) is 4.85. The zero-order valence-electron chi connectivity index (χ0n) is 10.8. The Morgan fingerprint density at radius 1 is 1.17 bits per heavy atom. The zero-order chi connectivity index (χ0) is 12.3. The summed E-state index contributed by atoms with van der Waals surface area (Å²) in [6, 6.07) is 0. The second-order valence-corrected chi connectivity index (χ2v) is 7.62. The molecule has 98 valence electrons. The van der Waals surface area contributed by atoms with Crippen molar-refractivity contribution in [2.24, 2.45) is 17.8 Å². The van der Waals surface area contributed by atoms with Crippen LogP contribution in [0.15, 0.2) is 0 Å². The minimum atomic E-state index is 0.123. The van der Waals surface area contributed by atoms with Crippen LogP contribution in [0, 0.1) is 24.7 Å². The van der Waals surface area contributed by atoms with Crippen LogP contribution in [0.25, 0.3) is 0 Å². The van der Waals surface area contributed by atoms with Crippen LogP contribution in [-0.2, 0) is 0 Å².